The summed E-state index contributed by atoms with van der Waals surface area (Å²) >= 11 is 0. The van der Waals surface area contributed by atoms with E-state index in [9.17, 15) is 4.39 Å². The van der Waals surface area contributed by atoms with Crippen molar-refractivity contribution in [2.45, 2.75) is 13.1 Å². The molecule has 1 aromatic heterocycles. The summed E-state index contributed by atoms with van der Waals surface area (Å²) < 4.78 is 12.7. The predicted molar refractivity (Wildman–Crippen MR) is 60.0 cm³/mol. The standard InChI is InChI=1S/C13H13FN2/c14-13-5-3-11(4-6-13)8-16-10-12-2-1-7-15-9-12/h1-7,9,16H,8,10H2/p+1. The SMILES string of the molecule is Fc1ccc(C[NH2+]Cc2cccnc2)cc1. The molecule has 2 rings (SSSR count). The topological polar surface area (TPSA) is 29.5 Å². The quantitative estimate of drug-likeness (QED) is 0.826. The maximum absolute atomic E-state index is 12.7. The fourth-order valence-corrected chi connectivity index (χ4v) is 1.54. The Bertz CT molecular complexity index is 425. The molecule has 0 saturated carbocycles. The molecule has 0 spiro atoms. The van der Waals surface area contributed by atoms with E-state index < -0.39 is 0 Å². The highest BCUT2D eigenvalue weighted by atomic mass is 19.1. The van der Waals surface area contributed by atoms with Crippen molar-refractivity contribution in [2.24, 2.45) is 0 Å². The number of halogens is 1. The van der Waals surface area contributed by atoms with E-state index in [0.717, 1.165) is 18.7 Å². The summed E-state index contributed by atoms with van der Waals surface area (Å²) in [6.45, 7) is 1.75. The second-order valence-corrected chi connectivity index (χ2v) is 3.68. The molecule has 0 bridgehead atoms. The molecule has 82 valence electrons. The van der Waals surface area contributed by atoms with Crippen molar-refractivity contribution in [3.63, 3.8) is 0 Å². The fourth-order valence-electron chi connectivity index (χ4n) is 1.54. The summed E-state index contributed by atoms with van der Waals surface area (Å²) in [5, 5.41) is 2.17. The van der Waals surface area contributed by atoms with Crippen molar-refractivity contribution < 1.29 is 9.71 Å². The molecule has 0 unspecified atom stereocenters. The smallest absolute Gasteiger partial charge is 0.123 e. The van der Waals surface area contributed by atoms with Crippen molar-refractivity contribution >= 4 is 0 Å². The van der Waals surface area contributed by atoms with Gasteiger partial charge < -0.3 is 5.32 Å². The summed E-state index contributed by atoms with van der Waals surface area (Å²) in [6.07, 6.45) is 3.63. The number of nitrogens with two attached hydrogens (primary N) is 1. The number of quaternary nitrogens is 1. The third-order valence-corrected chi connectivity index (χ3v) is 2.40. The molecule has 2 nitrogen and oxygen atoms in total. The molecular formula is C13H14FN2+. The van der Waals surface area contributed by atoms with E-state index in [1.807, 2.05) is 30.5 Å². The largest absolute Gasteiger partial charge is 0.339 e. The monoisotopic (exact) mass is 217 g/mol. The van der Waals surface area contributed by atoms with Gasteiger partial charge in [0, 0.05) is 23.5 Å². The maximum atomic E-state index is 12.7. The van der Waals surface area contributed by atoms with Crippen LogP contribution >= 0.6 is 0 Å². The summed E-state index contributed by atoms with van der Waals surface area (Å²) in [7, 11) is 0. The molecule has 0 atom stereocenters. The number of benzene rings is 1. The molecule has 1 heterocycles. The molecule has 2 N–H and O–H groups in total. The summed E-state index contributed by atoms with van der Waals surface area (Å²) in [4.78, 5) is 4.05. The first-order chi connectivity index (χ1) is 7.84. The lowest BCUT2D eigenvalue weighted by atomic mass is 10.2. The predicted octanol–water partition coefficient (Wildman–Crippen LogP) is 1.48. The number of nitrogens with zero attached hydrogens (tertiary/aromatic N) is 1. The van der Waals surface area contributed by atoms with Crippen LogP contribution in [-0.4, -0.2) is 4.98 Å². The minimum Gasteiger partial charge on any atom is -0.339 e. The highest BCUT2D eigenvalue weighted by Crippen LogP contribution is 2.00. The Morgan fingerprint density at radius 1 is 1.00 bits per heavy atom. The average molecular weight is 217 g/mol. The van der Waals surface area contributed by atoms with Gasteiger partial charge in [-0.1, -0.05) is 18.2 Å². The number of pyridine rings is 1. The normalized spacial score (nSPS) is 10.3. The van der Waals surface area contributed by atoms with Crippen LogP contribution in [0.15, 0.2) is 48.8 Å². The maximum Gasteiger partial charge on any atom is 0.123 e. The molecule has 0 fully saturated rings. The van der Waals surface area contributed by atoms with Crippen molar-refractivity contribution in [2.75, 3.05) is 0 Å². The van der Waals surface area contributed by atoms with E-state index in [0.29, 0.717) is 0 Å². The highest BCUT2D eigenvalue weighted by molar-refractivity contribution is 5.14. The van der Waals surface area contributed by atoms with E-state index >= 15 is 0 Å². The zero-order valence-electron chi connectivity index (χ0n) is 8.94. The van der Waals surface area contributed by atoms with Crippen LogP contribution in [0.4, 0.5) is 4.39 Å². The minimum atomic E-state index is -0.184. The molecule has 1 aromatic carbocycles. The van der Waals surface area contributed by atoms with Gasteiger partial charge in [0.25, 0.3) is 0 Å². The Kier molecular flexibility index (Phi) is 3.62. The Balaban J connectivity index is 1.82. The number of hydrogen-bond acceptors (Lipinski definition) is 1. The number of hydrogen-bond donors (Lipinski definition) is 1. The summed E-state index contributed by atoms with van der Waals surface area (Å²) in [5.41, 5.74) is 2.33. The van der Waals surface area contributed by atoms with E-state index in [2.05, 4.69) is 10.3 Å². The van der Waals surface area contributed by atoms with Crippen LogP contribution in [0, 0.1) is 5.82 Å². The van der Waals surface area contributed by atoms with Gasteiger partial charge >= 0.3 is 0 Å². The molecule has 0 aliphatic rings. The van der Waals surface area contributed by atoms with E-state index in [-0.39, 0.29) is 5.82 Å². The zero-order valence-corrected chi connectivity index (χ0v) is 8.94. The molecule has 0 amide bonds. The lowest BCUT2D eigenvalue weighted by molar-refractivity contribution is -0.686. The van der Waals surface area contributed by atoms with Gasteiger partial charge in [-0.15, -0.1) is 0 Å². The van der Waals surface area contributed by atoms with Gasteiger partial charge in [-0.25, -0.2) is 4.39 Å². The molecule has 2 aromatic rings. The van der Waals surface area contributed by atoms with Crippen LogP contribution in [0.3, 0.4) is 0 Å². The van der Waals surface area contributed by atoms with Crippen LogP contribution in [0.25, 0.3) is 0 Å². The van der Waals surface area contributed by atoms with Crippen LogP contribution in [0.1, 0.15) is 11.1 Å². The van der Waals surface area contributed by atoms with Gasteiger partial charge in [-0.2, -0.15) is 0 Å². The van der Waals surface area contributed by atoms with Gasteiger partial charge in [0.05, 0.1) is 0 Å². The molecule has 3 heteroatoms. The summed E-state index contributed by atoms with van der Waals surface area (Å²) in [5.74, 6) is -0.184. The van der Waals surface area contributed by atoms with Crippen LogP contribution in [-0.2, 0) is 13.1 Å². The third-order valence-electron chi connectivity index (χ3n) is 2.40. The number of rotatable bonds is 4. The van der Waals surface area contributed by atoms with Crippen molar-refractivity contribution in [1.29, 1.82) is 0 Å². The molecular weight excluding hydrogens is 203 g/mol. The molecule has 0 aliphatic heterocycles. The highest BCUT2D eigenvalue weighted by Gasteiger charge is 1.97. The van der Waals surface area contributed by atoms with E-state index in [4.69, 9.17) is 0 Å². The van der Waals surface area contributed by atoms with Crippen molar-refractivity contribution in [3.05, 3.63) is 65.7 Å². The van der Waals surface area contributed by atoms with Gasteiger partial charge in [0.1, 0.15) is 18.9 Å². The lowest BCUT2D eigenvalue weighted by Crippen LogP contribution is -2.80. The Labute approximate surface area is 94.2 Å². The molecule has 0 radical (unpaired) electrons. The number of aromatic nitrogens is 1. The fraction of sp³-hybridized carbons (Fsp3) is 0.154. The second kappa shape index (κ2) is 5.37. The lowest BCUT2D eigenvalue weighted by Gasteiger charge is -2.01. The molecule has 0 saturated heterocycles. The Morgan fingerprint density at radius 2 is 1.75 bits per heavy atom. The molecule has 16 heavy (non-hydrogen) atoms. The van der Waals surface area contributed by atoms with Crippen LogP contribution in [0.5, 0.6) is 0 Å². The average Bonchev–Trinajstić information content (AvgIpc) is 2.33. The van der Waals surface area contributed by atoms with Crippen LogP contribution < -0.4 is 5.32 Å². The third kappa shape index (κ3) is 3.14. The Morgan fingerprint density at radius 3 is 2.44 bits per heavy atom. The van der Waals surface area contributed by atoms with Crippen molar-refractivity contribution in [1.82, 2.24) is 4.98 Å². The first-order valence-electron chi connectivity index (χ1n) is 5.29. The summed E-state index contributed by atoms with van der Waals surface area (Å²) in [6, 6.07) is 10.6. The minimum absolute atomic E-state index is 0.184. The Hall–Kier alpha value is -1.74. The van der Waals surface area contributed by atoms with Gasteiger partial charge in [-0.05, 0) is 18.2 Å². The van der Waals surface area contributed by atoms with E-state index in [1.165, 1.54) is 17.7 Å². The van der Waals surface area contributed by atoms with Gasteiger partial charge in [-0.3, -0.25) is 4.98 Å². The first-order valence-corrected chi connectivity index (χ1v) is 5.29. The van der Waals surface area contributed by atoms with Gasteiger partial charge in [0.2, 0.25) is 0 Å². The van der Waals surface area contributed by atoms with Crippen LogP contribution in [0.2, 0.25) is 0 Å². The second-order valence-electron chi connectivity index (χ2n) is 3.68. The van der Waals surface area contributed by atoms with Gasteiger partial charge in [0.15, 0.2) is 0 Å². The molecule has 0 aliphatic carbocycles. The first kappa shape index (κ1) is 10.8. The van der Waals surface area contributed by atoms with Crippen molar-refractivity contribution in [3.8, 4) is 0 Å². The zero-order chi connectivity index (χ0) is 11.2. The van der Waals surface area contributed by atoms with E-state index in [1.54, 1.807) is 6.20 Å².